The fraction of sp³-hybridized carbons (Fsp3) is 0.968. The molecule has 208 valence electrons. The van der Waals surface area contributed by atoms with Crippen LogP contribution in [0.4, 0.5) is 4.79 Å². The van der Waals surface area contributed by atoms with Crippen molar-refractivity contribution in [1.29, 1.82) is 0 Å². The molecule has 7 fully saturated rings. The average molecular weight is 517 g/mol. The van der Waals surface area contributed by atoms with Crippen LogP contribution in [-0.4, -0.2) is 52.5 Å². The van der Waals surface area contributed by atoms with Gasteiger partial charge in [0.1, 0.15) is 5.60 Å². The van der Waals surface area contributed by atoms with E-state index in [2.05, 4.69) is 34.6 Å². The second kappa shape index (κ2) is 7.07. The van der Waals surface area contributed by atoms with Crippen LogP contribution in [0.15, 0.2) is 0 Å². The van der Waals surface area contributed by atoms with Crippen LogP contribution in [0.5, 0.6) is 0 Å². The SMILES string of the molecule is C[C@@H]1CC(C2OC(=O)OC2(C)C)OC2[C@H]1C1(C)CCC34CC35CCC(O)C(C)(C)[C@@H]5CCC4[C@]1(C)[C@H]2O. The molecule has 6 heteroatoms. The minimum absolute atomic E-state index is 0.00999. The molecule has 2 spiro atoms. The van der Waals surface area contributed by atoms with Crippen molar-refractivity contribution in [2.24, 2.45) is 50.7 Å². The Morgan fingerprint density at radius 2 is 1.57 bits per heavy atom. The molecule has 0 radical (unpaired) electrons. The molecule has 7 rings (SSSR count). The fourth-order valence-electron chi connectivity index (χ4n) is 12.6. The fourth-order valence-corrected chi connectivity index (χ4v) is 12.6. The smallest absolute Gasteiger partial charge is 0.424 e. The number of hydrogen-bond donors (Lipinski definition) is 2. The van der Waals surface area contributed by atoms with Crippen molar-refractivity contribution in [3.8, 4) is 0 Å². The number of aliphatic hydroxyl groups excluding tert-OH is 2. The van der Waals surface area contributed by atoms with E-state index in [1.807, 2.05) is 13.8 Å². The van der Waals surface area contributed by atoms with E-state index < -0.39 is 24.0 Å². The molecule has 7 aliphatic rings. The minimum atomic E-state index is -0.736. The van der Waals surface area contributed by atoms with Crippen LogP contribution < -0.4 is 0 Å². The predicted molar refractivity (Wildman–Crippen MR) is 138 cm³/mol. The van der Waals surface area contributed by atoms with E-state index in [9.17, 15) is 15.0 Å². The summed E-state index contributed by atoms with van der Waals surface area (Å²) in [4.78, 5) is 12.0. The van der Waals surface area contributed by atoms with Gasteiger partial charge in [-0.15, -0.1) is 0 Å². The normalized spacial score (nSPS) is 60.7. The Morgan fingerprint density at radius 3 is 2.24 bits per heavy atom. The van der Waals surface area contributed by atoms with E-state index >= 15 is 0 Å². The first-order valence-corrected chi connectivity index (χ1v) is 15.1. The average Bonchev–Trinajstić information content (AvgIpc) is 3.34. The number of carbonyl (C=O) groups excluding carboxylic acids is 1. The van der Waals surface area contributed by atoms with Crippen LogP contribution in [0.1, 0.15) is 99.8 Å². The first kappa shape index (κ1) is 25.1. The monoisotopic (exact) mass is 516 g/mol. The molecule has 13 atom stereocenters. The molecule has 37 heavy (non-hydrogen) atoms. The zero-order valence-corrected chi connectivity index (χ0v) is 23.9. The van der Waals surface area contributed by atoms with E-state index in [0.717, 1.165) is 38.5 Å². The van der Waals surface area contributed by atoms with Crippen molar-refractivity contribution in [3.63, 3.8) is 0 Å². The van der Waals surface area contributed by atoms with Gasteiger partial charge in [-0.25, -0.2) is 4.79 Å². The second-order valence-corrected chi connectivity index (χ2v) is 16.1. The quantitative estimate of drug-likeness (QED) is 0.449. The molecule has 0 bridgehead atoms. The molecule has 6 nitrogen and oxygen atoms in total. The van der Waals surface area contributed by atoms with Gasteiger partial charge >= 0.3 is 6.16 Å². The van der Waals surface area contributed by atoms with Gasteiger partial charge < -0.3 is 24.4 Å². The first-order valence-electron chi connectivity index (χ1n) is 15.1. The summed E-state index contributed by atoms with van der Waals surface area (Å²) in [5.74, 6) is 1.72. The van der Waals surface area contributed by atoms with Gasteiger partial charge in [0, 0.05) is 5.41 Å². The lowest BCUT2D eigenvalue weighted by atomic mass is 9.41. The van der Waals surface area contributed by atoms with Gasteiger partial charge in [0.05, 0.1) is 24.4 Å². The van der Waals surface area contributed by atoms with Crippen molar-refractivity contribution in [2.75, 3.05) is 0 Å². The highest BCUT2D eigenvalue weighted by Crippen LogP contribution is 2.89. The zero-order chi connectivity index (χ0) is 26.6. The Bertz CT molecular complexity index is 1020. The summed E-state index contributed by atoms with van der Waals surface area (Å²) in [6, 6.07) is 0. The number of rotatable bonds is 1. The lowest BCUT2D eigenvalue weighted by Crippen LogP contribution is -2.59. The molecule has 8 unspecified atom stereocenters. The van der Waals surface area contributed by atoms with Crippen LogP contribution >= 0.6 is 0 Å². The first-order chi connectivity index (χ1) is 17.2. The third-order valence-electron chi connectivity index (χ3n) is 14.4. The van der Waals surface area contributed by atoms with E-state index in [0.29, 0.717) is 34.5 Å². The predicted octanol–water partition coefficient (Wildman–Crippen LogP) is 5.47. The van der Waals surface area contributed by atoms with Crippen molar-refractivity contribution in [3.05, 3.63) is 0 Å². The lowest BCUT2D eigenvalue weighted by molar-refractivity contribution is -0.184. The van der Waals surface area contributed by atoms with Gasteiger partial charge in [-0.3, -0.25) is 0 Å². The number of carbonyl (C=O) groups is 1. The summed E-state index contributed by atoms with van der Waals surface area (Å²) >= 11 is 0. The summed E-state index contributed by atoms with van der Waals surface area (Å²) in [6.45, 7) is 15.6. The number of aliphatic hydroxyl groups is 2. The molecule has 2 N–H and O–H groups in total. The second-order valence-electron chi connectivity index (χ2n) is 16.1. The van der Waals surface area contributed by atoms with E-state index in [1.165, 1.54) is 12.8 Å². The maximum atomic E-state index is 12.3. The highest BCUT2D eigenvalue weighted by Gasteiger charge is 2.84. The molecule has 2 heterocycles. The molecule has 5 saturated carbocycles. The van der Waals surface area contributed by atoms with Crippen LogP contribution in [-0.2, 0) is 14.2 Å². The van der Waals surface area contributed by atoms with E-state index in [4.69, 9.17) is 14.2 Å². The minimum Gasteiger partial charge on any atom is -0.424 e. The molecular weight excluding hydrogens is 468 g/mol. The van der Waals surface area contributed by atoms with Gasteiger partial charge in [0.2, 0.25) is 0 Å². The third-order valence-corrected chi connectivity index (χ3v) is 14.4. The highest BCUT2D eigenvalue weighted by atomic mass is 16.8. The van der Waals surface area contributed by atoms with Crippen molar-refractivity contribution in [2.45, 2.75) is 136 Å². The van der Waals surface area contributed by atoms with Crippen LogP contribution in [0.2, 0.25) is 0 Å². The maximum absolute atomic E-state index is 12.3. The number of hydrogen-bond acceptors (Lipinski definition) is 6. The Hall–Kier alpha value is -0.850. The number of cyclic esters (lactones) is 2. The number of ether oxygens (including phenoxy) is 3. The molecule has 2 saturated heterocycles. The summed E-state index contributed by atoms with van der Waals surface area (Å²) in [5, 5.41) is 23.2. The summed E-state index contributed by atoms with van der Waals surface area (Å²) in [7, 11) is 0. The van der Waals surface area contributed by atoms with Crippen LogP contribution in [0, 0.1) is 50.7 Å². The summed E-state index contributed by atoms with van der Waals surface area (Å²) in [6.07, 6.45) is 6.53. The zero-order valence-electron chi connectivity index (χ0n) is 23.9. The van der Waals surface area contributed by atoms with E-state index in [1.54, 1.807) is 0 Å². The van der Waals surface area contributed by atoms with Gasteiger partial charge in [-0.1, -0.05) is 34.6 Å². The van der Waals surface area contributed by atoms with Crippen LogP contribution in [0.3, 0.4) is 0 Å². The topological polar surface area (TPSA) is 85.2 Å². The van der Waals surface area contributed by atoms with Crippen molar-refractivity contribution < 1.29 is 29.2 Å². The molecule has 0 amide bonds. The Balaban J connectivity index is 1.23. The van der Waals surface area contributed by atoms with Gasteiger partial charge in [0.25, 0.3) is 0 Å². The van der Waals surface area contributed by atoms with Gasteiger partial charge in [-0.2, -0.15) is 0 Å². The molecular formula is C31H48O6. The Labute approximate surface area is 222 Å². The summed E-state index contributed by atoms with van der Waals surface area (Å²) in [5.41, 5.74) is -0.331. The third kappa shape index (κ3) is 2.68. The Kier molecular flexibility index (Phi) is 4.80. The largest absolute Gasteiger partial charge is 0.509 e. The molecule has 0 aromatic rings. The molecule has 0 aromatic carbocycles. The summed E-state index contributed by atoms with van der Waals surface area (Å²) < 4.78 is 17.9. The van der Waals surface area contributed by atoms with Crippen molar-refractivity contribution in [1.82, 2.24) is 0 Å². The molecule has 2 aliphatic heterocycles. The van der Waals surface area contributed by atoms with Gasteiger partial charge in [0.15, 0.2) is 6.10 Å². The lowest BCUT2D eigenvalue weighted by Gasteiger charge is -2.63. The highest BCUT2D eigenvalue weighted by molar-refractivity contribution is 5.63. The standard InChI is InChI=1S/C31H48O6/c1-16-14-17(24-27(4,5)37-25(34)36-24)35-22-21(16)28(6)12-13-31-15-30(31)11-10-20(32)26(2,3)18(30)8-9-19(31)29(28,7)23(22)33/h16-24,32-33H,8-15H2,1-7H3/t16-,17?,18+,19?,20?,21+,22?,23+,24?,28?,29-,30?,31?/m1/s1. The van der Waals surface area contributed by atoms with Crippen LogP contribution in [0.25, 0.3) is 0 Å². The van der Waals surface area contributed by atoms with E-state index in [-0.39, 0.29) is 34.6 Å². The van der Waals surface area contributed by atoms with Gasteiger partial charge in [-0.05, 0) is 111 Å². The Morgan fingerprint density at radius 1 is 0.892 bits per heavy atom. The van der Waals surface area contributed by atoms with Crippen molar-refractivity contribution >= 4 is 6.16 Å². The number of fused-ring (bicyclic) bond motifs is 4. The maximum Gasteiger partial charge on any atom is 0.509 e. The molecule has 5 aliphatic carbocycles. The molecule has 0 aromatic heterocycles.